The van der Waals surface area contributed by atoms with Crippen LogP contribution < -0.4 is 0 Å². The molecule has 0 saturated carbocycles. The SMILES string of the molecule is N#CC(Cl)c1ccc(Br)c(Cl)c1. The minimum absolute atomic E-state index is 0.563. The van der Waals surface area contributed by atoms with Crippen LogP contribution in [-0.4, -0.2) is 0 Å². The third-order valence-corrected chi connectivity index (χ3v) is 2.93. The molecule has 1 aromatic carbocycles. The van der Waals surface area contributed by atoms with Crippen molar-refractivity contribution in [3.63, 3.8) is 0 Å². The summed E-state index contributed by atoms with van der Waals surface area (Å²) in [6.45, 7) is 0. The second-order valence-corrected chi connectivity index (χ2v) is 3.86. The molecule has 4 heteroatoms. The molecule has 1 unspecified atom stereocenters. The number of rotatable bonds is 1. The molecule has 0 fully saturated rings. The van der Waals surface area contributed by atoms with Crippen LogP contribution in [-0.2, 0) is 0 Å². The van der Waals surface area contributed by atoms with E-state index in [-0.39, 0.29) is 0 Å². The Bertz CT molecular complexity index is 332. The Morgan fingerprint density at radius 2 is 2.17 bits per heavy atom. The van der Waals surface area contributed by atoms with E-state index in [1.54, 1.807) is 18.2 Å². The van der Waals surface area contributed by atoms with Crippen molar-refractivity contribution in [3.8, 4) is 6.07 Å². The van der Waals surface area contributed by atoms with Crippen LogP contribution in [0, 0.1) is 11.3 Å². The molecule has 0 amide bonds. The quantitative estimate of drug-likeness (QED) is 0.706. The predicted octanol–water partition coefficient (Wildman–Crippen LogP) is 3.91. The molecule has 0 bridgehead atoms. The van der Waals surface area contributed by atoms with Crippen LogP contribution in [0.3, 0.4) is 0 Å². The maximum Gasteiger partial charge on any atom is 0.145 e. The summed E-state index contributed by atoms with van der Waals surface area (Å²) >= 11 is 14.7. The Balaban J connectivity index is 3.06. The fraction of sp³-hybridized carbons (Fsp3) is 0.125. The normalized spacial score (nSPS) is 12.2. The maximum atomic E-state index is 8.51. The summed E-state index contributed by atoms with van der Waals surface area (Å²) in [6, 6.07) is 7.12. The fourth-order valence-corrected chi connectivity index (χ4v) is 1.32. The summed E-state index contributed by atoms with van der Waals surface area (Å²) in [5.74, 6) is 0. The van der Waals surface area contributed by atoms with Crippen LogP contribution in [0.5, 0.6) is 0 Å². The van der Waals surface area contributed by atoms with Crippen LogP contribution >= 0.6 is 39.1 Å². The van der Waals surface area contributed by atoms with Gasteiger partial charge in [-0.2, -0.15) is 5.26 Å². The molecule has 0 spiro atoms. The zero-order chi connectivity index (χ0) is 9.14. The minimum atomic E-state index is -0.629. The van der Waals surface area contributed by atoms with E-state index in [0.717, 1.165) is 4.47 Å². The smallest absolute Gasteiger partial charge is 0.145 e. The van der Waals surface area contributed by atoms with E-state index in [2.05, 4.69) is 15.9 Å². The number of nitriles is 1. The number of hydrogen-bond acceptors (Lipinski definition) is 1. The largest absolute Gasteiger partial charge is 0.196 e. The Labute approximate surface area is 89.0 Å². The van der Waals surface area contributed by atoms with Gasteiger partial charge in [-0.25, -0.2) is 0 Å². The molecule has 0 aliphatic rings. The molecule has 1 rings (SSSR count). The first-order valence-electron chi connectivity index (χ1n) is 3.14. The van der Waals surface area contributed by atoms with Crippen molar-refractivity contribution in [2.45, 2.75) is 5.38 Å². The Morgan fingerprint density at radius 3 is 2.67 bits per heavy atom. The van der Waals surface area contributed by atoms with Crippen LogP contribution in [0.2, 0.25) is 5.02 Å². The van der Waals surface area contributed by atoms with Gasteiger partial charge in [-0.3, -0.25) is 0 Å². The molecular weight excluding hydrogens is 261 g/mol. The zero-order valence-corrected chi connectivity index (χ0v) is 8.99. The first-order chi connectivity index (χ1) is 5.65. The molecule has 1 aromatic rings. The van der Waals surface area contributed by atoms with Crippen LogP contribution in [0.1, 0.15) is 10.9 Å². The topological polar surface area (TPSA) is 23.8 Å². The number of halogens is 3. The number of benzene rings is 1. The van der Waals surface area contributed by atoms with Crippen molar-refractivity contribution >= 4 is 39.1 Å². The van der Waals surface area contributed by atoms with Crippen LogP contribution in [0.15, 0.2) is 22.7 Å². The van der Waals surface area contributed by atoms with Gasteiger partial charge < -0.3 is 0 Å². The van der Waals surface area contributed by atoms with E-state index in [1.165, 1.54) is 0 Å². The van der Waals surface area contributed by atoms with Crippen molar-refractivity contribution < 1.29 is 0 Å². The highest BCUT2D eigenvalue weighted by Gasteiger charge is 2.07. The van der Waals surface area contributed by atoms with Crippen LogP contribution in [0.25, 0.3) is 0 Å². The van der Waals surface area contributed by atoms with Crippen molar-refractivity contribution in [1.82, 2.24) is 0 Å². The molecular formula is C8H4BrCl2N. The van der Waals surface area contributed by atoms with Gasteiger partial charge in [0.05, 0.1) is 11.1 Å². The predicted molar refractivity (Wildman–Crippen MR) is 53.4 cm³/mol. The highest BCUT2D eigenvalue weighted by atomic mass is 79.9. The van der Waals surface area contributed by atoms with Crippen LogP contribution in [0.4, 0.5) is 0 Å². The highest BCUT2D eigenvalue weighted by Crippen LogP contribution is 2.28. The highest BCUT2D eigenvalue weighted by molar-refractivity contribution is 9.10. The third kappa shape index (κ3) is 2.13. The summed E-state index contributed by atoms with van der Waals surface area (Å²) in [7, 11) is 0. The lowest BCUT2D eigenvalue weighted by atomic mass is 10.2. The Kier molecular flexibility index (Phi) is 3.39. The second-order valence-electron chi connectivity index (χ2n) is 2.17. The van der Waals surface area contributed by atoms with Gasteiger partial charge in [0.1, 0.15) is 5.38 Å². The second kappa shape index (κ2) is 4.13. The molecule has 0 saturated heterocycles. The van der Waals surface area contributed by atoms with E-state index in [1.807, 2.05) is 6.07 Å². The van der Waals surface area contributed by atoms with E-state index in [0.29, 0.717) is 10.6 Å². The van der Waals surface area contributed by atoms with Gasteiger partial charge in [0, 0.05) is 4.47 Å². The van der Waals surface area contributed by atoms with Gasteiger partial charge in [-0.1, -0.05) is 17.7 Å². The molecule has 0 heterocycles. The summed E-state index contributed by atoms with van der Waals surface area (Å²) in [5.41, 5.74) is 0.715. The monoisotopic (exact) mass is 263 g/mol. The standard InChI is InChI=1S/C8H4BrCl2N/c9-6-2-1-5(3-7(6)10)8(11)4-12/h1-3,8H. The molecule has 0 N–H and O–H groups in total. The average molecular weight is 265 g/mol. The Hall–Kier alpha value is -0.230. The van der Waals surface area contributed by atoms with Gasteiger partial charge in [0.25, 0.3) is 0 Å². The number of nitrogens with zero attached hydrogens (tertiary/aromatic N) is 1. The molecule has 0 aromatic heterocycles. The van der Waals surface area contributed by atoms with Crippen molar-refractivity contribution in [3.05, 3.63) is 33.3 Å². The van der Waals surface area contributed by atoms with E-state index in [4.69, 9.17) is 28.5 Å². The van der Waals surface area contributed by atoms with E-state index >= 15 is 0 Å². The Morgan fingerprint density at radius 1 is 1.50 bits per heavy atom. The lowest BCUT2D eigenvalue weighted by Gasteiger charge is -2.02. The van der Waals surface area contributed by atoms with E-state index in [9.17, 15) is 0 Å². The fourth-order valence-electron chi connectivity index (χ4n) is 0.745. The zero-order valence-electron chi connectivity index (χ0n) is 5.89. The molecule has 1 atom stereocenters. The molecule has 0 aliphatic heterocycles. The summed E-state index contributed by atoms with van der Waals surface area (Å²) < 4.78 is 0.801. The van der Waals surface area contributed by atoms with Crippen molar-refractivity contribution in [2.24, 2.45) is 0 Å². The lowest BCUT2D eigenvalue weighted by molar-refractivity contribution is 1.21. The third-order valence-electron chi connectivity index (χ3n) is 1.35. The number of hydrogen-bond donors (Lipinski definition) is 0. The minimum Gasteiger partial charge on any atom is -0.196 e. The first kappa shape index (κ1) is 9.85. The summed E-state index contributed by atoms with van der Waals surface area (Å²) in [6.07, 6.45) is 0. The summed E-state index contributed by atoms with van der Waals surface area (Å²) in [4.78, 5) is 0. The van der Waals surface area contributed by atoms with Crippen molar-refractivity contribution in [2.75, 3.05) is 0 Å². The van der Waals surface area contributed by atoms with Crippen molar-refractivity contribution in [1.29, 1.82) is 5.26 Å². The van der Waals surface area contributed by atoms with E-state index < -0.39 is 5.38 Å². The maximum absolute atomic E-state index is 8.51. The average Bonchev–Trinajstić information content (AvgIpc) is 2.08. The van der Waals surface area contributed by atoms with Gasteiger partial charge >= 0.3 is 0 Å². The van der Waals surface area contributed by atoms with Gasteiger partial charge in [0.2, 0.25) is 0 Å². The molecule has 0 aliphatic carbocycles. The van der Waals surface area contributed by atoms with Gasteiger partial charge in [-0.15, -0.1) is 11.6 Å². The summed E-state index contributed by atoms with van der Waals surface area (Å²) in [5, 5.41) is 8.45. The van der Waals surface area contributed by atoms with Gasteiger partial charge in [0.15, 0.2) is 0 Å². The molecule has 1 nitrogen and oxygen atoms in total. The first-order valence-corrected chi connectivity index (χ1v) is 4.74. The lowest BCUT2D eigenvalue weighted by Crippen LogP contribution is -1.85. The molecule has 12 heavy (non-hydrogen) atoms. The number of alkyl halides is 1. The molecule has 0 radical (unpaired) electrons. The van der Waals surface area contributed by atoms with Gasteiger partial charge in [-0.05, 0) is 33.6 Å². The molecule has 62 valence electrons.